The van der Waals surface area contributed by atoms with Crippen LogP contribution in [0.3, 0.4) is 0 Å². The second-order valence-electron chi connectivity index (χ2n) is 9.12. The van der Waals surface area contributed by atoms with E-state index in [0.29, 0.717) is 42.6 Å². The van der Waals surface area contributed by atoms with Gasteiger partial charge in [0.25, 0.3) is 0 Å². The number of carbonyl (C=O) groups excluding carboxylic acids is 1. The molecule has 0 radical (unpaired) electrons. The van der Waals surface area contributed by atoms with Gasteiger partial charge in [0, 0.05) is 11.3 Å². The summed E-state index contributed by atoms with van der Waals surface area (Å²) in [6.07, 6.45) is 0.865. The third-order valence-corrected chi connectivity index (χ3v) is 6.68. The zero-order valence-electron chi connectivity index (χ0n) is 21.3. The van der Waals surface area contributed by atoms with E-state index < -0.39 is 0 Å². The molecule has 0 saturated heterocycles. The van der Waals surface area contributed by atoms with Gasteiger partial charge in [-0.3, -0.25) is 4.90 Å². The lowest BCUT2D eigenvalue weighted by Crippen LogP contribution is -3.13. The Kier molecular flexibility index (Phi) is 8.81. The van der Waals surface area contributed by atoms with Gasteiger partial charge in [-0.1, -0.05) is 43.6 Å². The minimum Gasteiger partial charge on any atom is -0.508 e. The van der Waals surface area contributed by atoms with E-state index >= 15 is 0 Å². The van der Waals surface area contributed by atoms with E-state index in [4.69, 9.17) is 26.1 Å². The van der Waals surface area contributed by atoms with E-state index in [1.807, 2.05) is 26.0 Å². The number of imidazole rings is 1. The number of ether oxygens (including phenoxy) is 2. The predicted molar refractivity (Wildman–Crippen MR) is 137 cm³/mol. The van der Waals surface area contributed by atoms with Crippen molar-refractivity contribution in [3.63, 3.8) is 0 Å². The molecule has 188 valence electrons. The molecule has 0 fully saturated rings. The molecule has 35 heavy (non-hydrogen) atoms. The Labute approximate surface area is 212 Å². The molecule has 3 aromatic rings. The summed E-state index contributed by atoms with van der Waals surface area (Å²) >= 11 is 6.60. The van der Waals surface area contributed by atoms with Crippen LogP contribution in [-0.2, 0) is 13.1 Å². The molecule has 1 amide bonds. The molecule has 0 aliphatic heterocycles. The van der Waals surface area contributed by atoms with E-state index in [2.05, 4.69) is 18.4 Å². The lowest BCUT2D eigenvalue weighted by molar-refractivity contribution is -0.830. The topological polar surface area (TPSA) is 78.0 Å². The number of carbonyl (C=O) groups is 1. The van der Waals surface area contributed by atoms with Crippen molar-refractivity contribution in [1.29, 1.82) is 0 Å². The zero-order valence-corrected chi connectivity index (χ0v) is 22.1. The Hall–Kier alpha value is -3.03. The van der Waals surface area contributed by atoms with Crippen LogP contribution >= 0.6 is 11.6 Å². The first kappa shape index (κ1) is 26.6. The first-order valence-electron chi connectivity index (χ1n) is 11.8. The Morgan fingerprint density at radius 2 is 1.86 bits per heavy atom. The highest BCUT2D eigenvalue weighted by atomic mass is 35.5. The van der Waals surface area contributed by atoms with Crippen LogP contribution in [0, 0.1) is 19.8 Å². The highest BCUT2D eigenvalue weighted by molar-refractivity contribution is 6.35. The van der Waals surface area contributed by atoms with E-state index in [9.17, 15) is 9.90 Å². The number of hydrogen-bond acceptors (Lipinski definition) is 5. The first-order valence-corrected chi connectivity index (χ1v) is 12.1. The van der Waals surface area contributed by atoms with Crippen molar-refractivity contribution in [3.8, 4) is 17.2 Å². The van der Waals surface area contributed by atoms with Gasteiger partial charge in [-0.05, 0) is 44.4 Å². The Balaban J connectivity index is 1.99. The quantitative estimate of drug-likeness (QED) is 0.436. The second-order valence-corrected chi connectivity index (χ2v) is 9.50. The lowest BCUT2D eigenvalue weighted by Gasteiger charge is -2.20. The fourth-order valence-corrected chi connectivity index (χ4v) is 4.39. The maximum atomic E-state index is 13.8. The first-order chi connectivity index (χ1) is 16.7. The van der Waals surface area contributed by atoms with Crippen LogP contribution in [0.5, 0.6) is 17.2 Å². The van der Waals surface area contributed by atoms with Gasteiger partial charge in [-0.25, -0.2) is 9.78 Å². The highest BCUT2D eigenvalue weighted by Crippen LogP contribution is 2.37. The largest absolute Gasteiger partial charge is 0.508 e. The molecule has 2 aromatic carbocycles. The average molecular weight is 501 g/mol. The molecule has 3 rings (SSSR count). The molecule has 0 bridgehead atoms. The van der Waals surface area contributed by atoms with Crippen molar-refractivity contribution in [2.24, 2.45) is 5.92 Å². The molecule has 1 aromatic heterocycles. The number of halogens is 1. The number of nitrogens with zero attached hydrogens (tertiary/aromatic N) is 2. The van der Waals surface area contributed by atoms with E-state index in [-0.39, 0.29) is 16.7 Å². The van der Waals surface area contributed by atoms with Gasteiger partial charge in [0.2, 0.25) is 0 Å². The summed E-state index contributed by atoms with van der Waals surface area (Å²) in [5, 5.41) is 10.6. The maximum absolute atomic E-state index is 13.8. The summed E-state index contributed by atoms with van der Waals surface area (Å²) < 4.78 is 12.8. The normalized spacial score (nSPS) is 12.1. The van der Waals surface area contributed by atoms with Gasteiger partial charge in [-0.15, -0.1) is 0 Å². The summed E-state index contributed by atoms with van der Waals surface area (Å²) in [6, 6.07) is 10.7. The molecule has 8 heteroatoms. The van der Waals surface area contributed by atoms with Gasteiger partial charge in [0.1, 0.15) is 22.9 Å². The van der Waals surface area contributed by atoms with E-state index in [0.717, 1.165) is 34.1 Å². The predicted octanol–water partition coefficient (Wildman–Crippen LogP) is 4.20. The molecule has 1 heterocycles. The molecule has 0 aliphatic rings. The van der Waals surface area contributed by atoms with Crippen LogP contribution in [0.4, 0.5) is 0 Å². The lowest BCUT2D eigenvalue weighted by atomic mass is 10.1. The summed E-state index contributed by atoms with van der Waals surface area (Å²) in [6.45, 7) is 9.73. The van der Waals surface area contributed by atoms with Crippen LogP contribution in [0.2, 0.25) is 5.02 Å². The van der Waals surface area contributed by atoms with Crippen molar-refractivity contribution < 1.29 is 24.3 Å². The highest BCUT2D eigenvalue weighted by Gasteiger charge is 2.29. The summed E-state index contributed by atoms with van der Waals surface area (Å²) in [5.41, 5.74) is 3.08. The smallest absolute Gasteiger partial charge is 0.346 e. The van der Waals surface area contributed by atoms with Crippen molar-refractivity contribution in [1.82, 2.24) is 9.55 Å². The molecule has 0 saturated carbocycles. The number of phenolic OH excluding ortho intramolecular Hbond substituents is 1. The molecule has 0 spiro atoms. The van der Waals surface area contributed by atoms with Crippen molar-refractivity contribution in [3.05, 3.63) is 69.8 Å². The molecule has 1 unspecified atom stereocenters. The fourth-order valence-electron chi connectivity index (χ4n) is 4.07. The van der Waals surface area contributed by atoms with Crippen LogP contribution in [0.1, 0.15) is 53.4 Å². The van der Waals surface area contributed by atoms with Crippen LogP contribution < -0.4 is 14.4 Å². The molecular formula is C27H35ClN3O4+. The van der Waals surface area contributed by atoms with Gasteiger partial charge < -0.3 is 19.1 Å². The number of aryl methyl sites for hydroxylation is 1. The third-order valence-electron chi connectivity index (χ3n) is 6.30. The number of para-hydroxylation sites is 1. The summed E-state index contributed by atoms with van der Waals surface area (Å²) in [5.74, 6) is 2.15. The van der Waals surface area contributed by atoms with E-state index in [1.165, 1.54) is 14.2 Å². The second kappa shape index (κ2) is 11.6. The number of hydrogen-bond donors (Lipinski definition) is 2. The number of phenols is 1. The fraction of sp³-hybridized carbons (Fsp3) is 0.407. The SMILES string of the molecule is COc1ccc(C(=O)[NH+](CCC(C)C)Cc2nc(C)c(C)n2Cc2ccccc2O)c(Cl)c1OC. The monoisotopic (exact) mass is 500 g/mol. The van der Waals surface area contributed by atoms with Crippen molar-refractivity contribution in [2.75, 3.05) is 20.8 Å². The number of aromatic hydroxyl groups is 1. The number of methoxy groups -OCH3 is 2. The average Bonchev–Trinajstić information content (AvgIpc) is 3.09. The number of benzene rings is 2. The van der Waals surface area contributed by atoms with Gasteiger partial charge >= 0.3 is 5.91 Å². The Morgan fingerprint density at radius 3 is 2.49 bits per heavy atom. The maximum Gasteiger partial charge on any atom is 0.346 e. The van der Waals surface area contributed by atoms with Crippen LogP contribution in [0.25, 0.3) is 0 Å². The number of nitrogens with one attached hydrogen (secondary N) is 1. The van der Waals surface area contributed by atoms with Crippen LogP contribution in [0.15, 0.2) is 36.4 Å². The zero-order chi connectivity index (χ0) is 25.7. The number of quaternary nitrogens is 1. The third kappa shape index (κ3) is 5.97. The Bertz CT molecular complexity index is 1190. The van der Waals surface area contributed by atoms with Gasteiger partial charge in [0.15, 0.2) is 17.3 Å². The number of amides is 1. The minimum absolute atomic E-state index is 0.121. The van der Waals surface area contributed by atoms with Crippen molar-refractivity contribution in [2.45, 2.75) is 47.2 Å². The van der Waals surface area contributed by atoms with Crippen molar-refractivity contribution >= 4 is 17.5 Å². The standard InChI is InChI=1S/C27H34ClN3O4/c1-17(2)13-14-30(27(33)21-11-12-23(34-5)26(35-6)25(21)28)16-24-29-18(3)19(4)31(24)15-20-9-7-8-10-22(20)32/h7-12,17,32H,13-16H2,1-6H3/p+1. The number of aromatic nitrogens is 2. The van der Waals surface area contributed by atoms with Crippen LogP contribution in [-0.4, -0.2) is 41.3 Å². The molecular weight excluding hydrogens is 466 g/mol. The van der Waals surface area contributed by atoms with Gasteiger partial charge in [0.05, 0.1) is 33.0 Å². The van der Waals surface area contributed by atoms with E-state index in [1.54, 1.807) is 24.3 Å². The minimum atomic E-state index is -0.121. The van der Waals surface area contributed by atoms with Gasteiger partial charge in [-0.2, -0.15) is 0 Å². The Morgan fingerprint density at radius 1 is 1.14 bits per heavy atom. The molecule has 0 aliphatic carbocycles. The molecule has 1 atom stereocenters. The summed E-state index contributed by atoms with van der Waals surface area (Å²) in [7, 11) is 3.04. The molecule has 2 N–H and O–H groups in total. The summed E-state index contributed by atoms with van der Waals surface area (Å²) in [4.78, 5) is 19.3. The number of rotatable bonds is 10. The molecule has 7 nitrogen and oxygen atoms in total.